The van der Waals surface area contributed by atoms with Gasteiger partial charge in [0.25, 0.3) is 0 Å². The predicted octanol–water partition coefficient (Wildman–Crippen LogP) is 1.82. The number of aliphatic imine (C=N–C) groups is 1. The number of rotatable bonds is 1. The Bertz CT molecular complexity index is 938. The number of nitriles is 2. The Morgan fingerprint density at radius 2 is 2.00 bits per heavy atom. The van der Waals surface area contributed by atoms with E-state index in [1.54, 1.807) is 0 Å². The van der Waals surface area contributed by atoms with Crippen molar-refractivity contribution in [2.75, 3.05) is 16.8 Å². The van der Waals surface area contributed by atoms with Gasteiger partial charge in [0.1, 0.15) is 29.3 Å². The molecule has 3 rings (SSSR count). The zero-order chi connectivity index (χ0) is 17.3. The van der Waals surface area contributed by atoms with Gasteiger partial charge < -0.3 is 16.8 Å². The fourth-order valence-electron chi connectivity index (χ4n) is 2.50. The zero-order valence-electron chi connectivity index (χ0n) is 12.2. The minimum Gasteiger partial charge on any atom is -0.397 e. The molecule has 1 aromatic carbocycles. The van der Waals surface area contributed by atoms with E-state index in [9.17, 15) is 5.26 Å². The fourth-order valence-corrected chi connectivity index (χ4v) is 3.00. The molecule has 0 aliphatic carbocycles. The highest BCUT2D eigenvalue weighted by Gasteiger charge is 2.30. The molecule has 6 N–H and O–H groups in total. The van der Waals surface area contributed by atoms with Crippen LogP contribution in [0.3, 0.4) is 0 Å². The van der Waals surface area contributed by atoms with Gasteiger partial charge in [-0.15, -0.1) is 0 Å². The van der Waals surface area contributed by atoms with Crippen molar-refractivity contribution in [1.29, 1.82) is 10.5 Å². The van der Waals surface area contributed by atoms with E-state index in [1.807, 2.05) is 36.5 Å². The minimum absolute atomic E-state index is 0.0188. The molecule has 1 aromatic heterocycles. The van der Waals surface area contributed by atoms with Crippen molar-refractivity contribution in [1.82, 2.24) is 10.3 Å². The van der Waals surface area contributed by atoms with Crippen molar-refractivity contribution in [3.63, 3.8) is 0 Å². The second kappa shape index (κ2) is 6.07. The first-order valence-corrected chi connectivity index (χ1v) is 7.59. The highest BCUT2D eigenvalue weighted by molar-refractivity contribution is 9.10. The summed E-state index contributed by atoms with van der Waals surface area (Å²) in [6.45, 7) is 0. The van der Waals surface area contributed by atoms with Crippen molar-refractivity contribution in [2.45, 2.75) is 6.04 Å². The normalized spacial score (nSPS) is 15.3. The molecule has 9 heteroatoms. The SMILES string of the molecule is N#CNC1=NC(c2ccccc2Br)c2c(nc(N)c(C#N)c2N)N1. The average Bonchev–Trinajstić information content (AvgIpc) is 2.55. The molecular weight excluding hydrogens is 372 g/mol. The van der Waals surface area contributed by atoms with Crippen molar-refractivity contribution in [2.24, 2.45) is 4.99 Å². The van der Waals surface area contributed by atoms with Crippen LogP contribution < -0.4 is 22.1 Å². The lowest BCUT2D eigenvalue weighted by molar-refractivity contribution is 0.842. The summed E-state index contributed by atoms with van der Waals surface area (Å²) in [5.41, 5.74) is 13.6. The molecule has 1 unspecified atom stereocenters. The number of pyridine rings is 1. The Balaban J connectivity index is 2.28. The summed E-state index contributed by atoms with van der Waals surface area (Å²) in [4.78, 5) is 8.68. The van der Waals surface area contributed by atoms with Gasteiger partial charge in [0.2, 0.25) is 5.96 Å². The third kappa shape index (κ3) is 2.47. The number of hydrogen-bond donors (Lipinski definition) is 4. The van der Waals surface area contributed by atoms with E-state index in [0.717, 1.165) is 10.0 Å². The van der Waals surface area contributed by atoms with Gasteiger partial charge in [0.15, 0.2) is 6.19 Å². The number of fused-ring (bicyclic) bond motifs is 1. The lowest BCUT2D eigenvalue weighted by atomic mass is 9.95. The van der Waals surface area contributed by atoms with E-state index < -0.39 is 6.04 Å². The molecule has 0 radical (unpaired) electrons. The molecule has 0 bridgehead atoms. The van der Waals surface area contributed by atoms with Crippen molar-refractivity contribution < 1.29 is 0 Å². The third-order valence-electron chi connectivity index (χ3n) is 3.56. The lowest BCUT2D eigenvalue weighted by Crippen LogP contribution is -2.32. The fraction of sp³-hybridized carbons (Fsp3) is 0.0667. The quantitative estimate of drug-likeness (QED) is 0.433. The van der Waals surface area contributed by atoms with Crippen LogP contribution in [0.1, 0.15) is 22.7 Å². The number of nitrogens with zero attached hydrogens (tertiary/aromatic N) is 4. The van der Waals surface area contributed by atoms with Crippen LogP contribution in [0, 0.1) is 22.8 Å². The molecule has 1 aliphatic rings. The minimum atomic E-state index is -0.548. The summed E-state index contributed by atoms with van der Waals surface area (Å²) in [6, 6.07) is 8.90. The maximum absolute atomic E-state index is 9.28. The first kappa shape index (κ1) is 15.6. The van der Waals surface area contributed by atoms with Gasteiger partial charge in [-0.25, -0.2) is 9.98 Å². The number of benzene rings is 1. The number of hydrogen-bond acceptors (Lipinski definition) is 8. The van der Waals surface area contributed by atoms with Crippen LogP contribution in [-0.4, -0.2) is 10.9 Å². The van der Waals surface area contributed by atoms with Gasteiger partial charge in [-0.3, -0.25) is 5.32 Å². The smallest absolute Gasteiger partial charge is 0.211 e. The van der Waals surface area contributed by atoms with Gasteiger partial charge in [-0.05, 0) is 11.6 Å². The molecule has 2 heterocycles. The average molecular weight is 383 g/mol. The summed E-state index contributed by atoms with van der Waals surface area (Å²) in [5.74, 6) is 0.601. The number of nitrogen functional groups attached to an aromatic ring is 2. The van der Waals surface area contributed by atoms with Crippen LogP contribution in [0.2, 0.25) is 0 Å². The van der Waals surface area contributed by atoms with Gasteiger partial charge in [0, 0.05) is 10.0 Å². The van der Waals surface area contributed by atoms with Crippen molar-refractivity contribution >= 4 is 39.2 Å². The molecule has 24 heavy (non-hydrogen) atoms. The van der Waals surface area contributed by atoms with Crippen molar-refractivity contribution in [3.8, 4) is 12.3 Å². The molecule has 0 saturated heterocycles. The Morgan fingerprint density at radius 3 is 2.67 bits per heavy atom. The van der Waals surface area contributed by atoms with Crippen molar-refractivity contribution in [3.05, 3.63) is 45.4 Å². The molecular formula is C15H11BrN8. The highest BCUT2D eigenvalue weighted by Crippen LogP contribution is 2.42. The van der Waals surface area contributed by atoms with Crippen LogP contribution >= 0.6 is 15.9 Å². The van der Waals surface area contributed by atoms with E-state index in [1.165, 1.54) is 0 Å². The molecule has 1 atom stereocenters. The summed E-state index contributed by atoms with van der Waals surface area (Å²) < 4.78 is 0.817. The number of aromatic nitrogens is 1. The van der Waals surface area contributed by atoms with Gasteiger partial charge in [0.05, 0.1) is 5.69 Å². The standard InChI is InChI=1S/C15H11BrN8/c16-9-4-2-1-3-7(9)12-10-11(19)8(5-17)13(20)23-14(10)24-15(22-12)21-6-18/h1-4,12H,(H6,19,20,21,22,23,24). The molecule has 0 spiro atoms. The van der Waals surface area contributed by atoms with Crippen LogP contribution in [0.4, 0.5) is 17.3 Å². The second-order valence-electron chi connectivity index (χ2n) is 4.92. The van der Waals surface area contributed by atoms with Gasteiger partial charge >= 0.3 is 0 Å². The highest BCUT2D eigenvalue weighted by atomic mass is 79.9. The van der Waals surface area contributed by atoms with Crippen LogP contribution in [0.5, 0.6) is 0 Å². The van der Waals surface area contributed by atoms with Gasteiger partial charge in [-0.1, -0.05) is 34.1 Å². The van der Waals surface area contributed by atoms with E-state index in [0.29, 0.717) is 11.4 Å². The monoisotopic (exact) mass is 382 g/mol. The third-order valence-corrected chi connectivity index (χ3v) is 4.28. The number of guanidine groups is 1. The molecule has 118 valence electrons. The summed E-state index contributed by atoms with van der Waals surface area (Å²) in [7, 11) is 0. The molecule has 0 fully saturated rings. The summed E-state index contributed by atoms with van der Waals surface area (Å²) in [6.07, 6.45) is 1.81. The topological polar surface area (TPSA) is 149 Å². The van der Waals surface area contributed by atoms with E-state index in [4.69, 9.17) is 16.7 Å². The van der Waals surface area contributed by atoms with Crippen LogP contribution in [0.25, 0.3) is 0 Å². The number of anilines is 3. The largest absolute Gasteiger partial charge is 0.397 e. The maximum Gasteiger partial charge on any atom is 0.211 e. The molecule has 8 nitrogen and oxygen atoms in total. The molecule has 1 aliphatic heterocycles. The number of nitrogens with one attached hydrogen (secondary N) is 2. The summed E-state index contributed by atoms with van der Waals surface area (Å²) >= 11 is 3.49. The first-order chi connectivity index (χ1) is 11.6. The first-order valence-electron chi connectivity index (χ1n) is 6.80. The van der Waals surface area contributed by atoms with Crippen LogP contribution in [0.15, 0.2) is 33.7 Å². The van der Waals surface area contributed by atoms with E-state index >= 15 is 0 Å². The Hall–Kier alpha value is -3.30. The Labute approximate surface area is 145 Å². The zero-order valence-corrected chi connectivity index (χ0v) is 13.8. The molecule has 0 saturated carbocycles. The number of nitrogens with two attached hydrogens (primary N) is 2. The predicted molar refractivity (Wildman–Crippen MR) is 93.6 cm³/mol. The summed E-state index contributed by atoms with van der Waals surface area (Å²) in [5, 5.41) is 23.5. The molecule has 2 aromatic rings. The lowest BCUT2D eigenvalue weighted by Gasteiger charge is -2.26. The van der Waals surface area contributed by atoms with Gasteiger partial charge in [-0.2, -0.15) is 10.5 Å². The Morgan fingerprint density at radius 1 is 1.25 bits per heavy atom. The number of halogens is 1. The molecule has 0 amide bonds. The van der Waals surface area contributed by atoms with Crippen LogP contribution in [-0.2, 0) is 0 Å². The van der Waals surface area contributed by atoms with E-state index in [-0.39, 0.29) is 23.0 Å². The Kier molecular flexibility index (Phi) is 3.94. The van der Waals surface area contributed by atoms with E-state index in [2.05, 4.69) is 36.5 Å². The second-order valence-corrected chi connectivity index (χ2v) is 5.78. The maximum atomic E-state index is 9.28.